The summed E-state index contributed by atoms with van der Waals surface area (Å²) in [4.78, 5) is 11.4. The van der Waals surface area contributed by atoms with E-state index in [0.29, 0.717) is 12.5 Å². The molecule has 3 heteroatoms. The Kier molecular flexibility index (Phi) is 6.44. The molecular weight excluding hydrogens is 224 g/mol. The number of rotatable bonds is 7. The highest BCUT2D eigenvalue weighted by Crippen LogP contribution is 2.03. The third kappa shape index (κ3) is 6.40. The Morgan fingerprint density at radius 1 is 1.33 bits per heavy atom. The van der Waals surface area contributed by atoms with Gasteiger partial charge in [0.25, 0.3) is 0 Å². The lowest BCUT2D eigenvalue weighted by molar-refractivity contribution is -0.120. The van der Waals surface area contributed by atoms with E-state index in [1.807, 2.05) is 0 Å². The highest BCUT2D eigenvalue weighted by Gasteiger charge is 2.01. The van der Waals surface area contributed by atoms with Gasteiger partial charge >= 0.3 is 0 Å². The molecule has 0 spiro atoms. The van der Waals surface area contributed by atoms with Crippen LogP contribution in [0.3, 0.4) is 0 Å². The van der Waals surface area contributed by atoms with Crippen LogP contribution in [0.15, 0.2) is 24.3 Å². The molecule has 0 aromatic heterocycles. The standard InChI is InChI=1S/C15H24N2O/c1-12(2)10-17-15(18)11-16-8-7-14-6-4-5-13(3)9-14/h4-6,9,12,16H,7-8,10-11H2,1-3H3,(H,17,18). The summed E-state index contributed by atoms with van der Waals surface area (Å²) in [7, 11) is 0. The van der Waals surface area contributed by atoms with Crippen LogP contribution in [0.4, 0.5) is 0 Å². The zero-order chi connectivity index (χ0) is 13.4. The van der Waals surface area contributed by atoms with Crippen molar-refractivity contribution < 1.29 is 4.79 Å². The first-order valence-corrected chi connectivity index (χ1v) is 6.61. The molecule has 0 fully saturated rings. The molecular formula is C15H24N2O. The number of benzene rings is 1. The van der Waals surface area contributed by atoms with Gasteiger partial charge in [-0.25, -0.2) is 0 Å². The zero-order valence-corrected chi connectivity index (χ0v) is 11.6. The van der Waals surface area contributed by atoms with Crippen LogP contribution in [-0.2, 0) is 11.2 Å². The molecule has 0 atom stereocenters. The molecule has 18 heavy (non-hydrogen) atoms. The van der Waals surface area contributed by atoms with E-state index in [1.165, 1.54) is 11.1 Å². The van der Waals surface area contributed by atoms with Gasteiger partial charge in [-0.05, 0) is 31.4 Å². The Labute approximate surface area is 110 Å². The van der Waals surface area contributed by atoms with Gasteiger partial charge in [0.05, 0.1) is 6.54 Å². The van der Waals surface area contributed by atoms with Crippen LogP contribution in [-0.4, -0.2) is 25.5 Å². The molecule has 3 nitrogen and oxygen atoms in total. The van der Waals surface area contributed by atoms with Crippen molar-refractivity contribution in [2.75, 3.05) is 19.6 Å². The highest BCUT2D eigenvalue weighted by atomic mass is 16.1. The van der Waals surface area contributed by atoms with E-state index in [4.69, 9.17) is 0 Å². The van der Waals surface area contributed by atoms with Crippen LogP contribution in [0.25, 0.3) is 0 Å². The second-order valence-corrected chi connectivity index (χ2v) is 5.11. The molecule has 1 aromatic rings. The summed E-state index contributed by atoms with van der Waals surface area (Å²) in [6.45, 7) is 8.25. The molecule has 0 saturated carbocycles. The van der Waals surface area contributed by atoms with Gasteiger partial charge in [0, 0.05) is 6.54 Å². The number of aryl methyl sites for hydroxylation is 1. The van der Waals surface area contributed by atoms with Crippen LogP contribution in [0.2, 0.25) is 0 Å². The molecule has 0 bridgehead atoms. The zero-order valence-electron chi connectivity index (χ0n) is 11.6. The quantitative estimate of drug-likeness (QED) is 0.724. The van der Waals surface area contributed by atoms with E-state index >= 15 is 0 Å². The molecule has 1 amide bonds. The van der Waals surface area contributed by atoms with Crippen molar-refractivity contribution in [2.24, 2.45) is 5.92 Å². The van der Waals surface area contributed by atoms with Gasteiger partial charge < -0.3 is 10.6 Å². The number of amides is 1. The molecule has 0 radical (unpaired) electrons. The lowest BCUT2D eigenvalue weighted by Gasteiger charge is -2.08. The Morgan fingerprint density at radius 3 is 2.78 bits per heavy atom. The lowest BCUT2D eigenvalue weighted by Crippen LogP contribution is -2.36. The van der Waals surface area contributed by atoms with Crippen LogP contribution in [0.1, 0.15) is 25.0 Å². The molecule has 0 saturated heterocycles. The predicted molar refractivity (Wildman–Crippen MR) is 75.6 cm³/mol. The molecule has 0 aliphatic carbocycles. The maximum Gasteiger partial charge on any atom is 0.233 e. The van der Waals surface area contributed by atoms with Crippen molar-refractivity contribution in [1.29, 1.82) is 0 Å². The molecule has 0 aliphatic heterocycles. The van der Waals surface area contributed by atoms with Crippen LogP contribution in [0, 0.1) is 12.8 Å². The second kappa shape index (κ2) is 7.88. The van der Waals surface area contributed by atoms with Crippen molar-refractivity contribution in [3.63, 3.8) is 0 Å². The first-order chi connectivity index (χ1) is 8.58. The summed E-state index contributed by atoms with van der Waals surface area (Å²) < 4.78 is 0. The van der Waals surface area contributed by atoms with Gasteiger partial charge in [0.15, 0.2) is 0 Å². The second-order valence-electron chi connectivity index (χ2n) is 5.11. The highest BCUT2D eigenvalue weighted by molar-refractivity contribution is 5.77. The van der Waals surface area contributed by atoms with E-state index < -0.39 is 0 Å². The van der Waals surface area contributed by atoms with Crippen molar-refractivity contribution in [1.82, 2.24) is 10.6 Å². The smallest absolute Gasteiger partial charge is 0.233 e. The fourth-order valence-corrected chi connectivity index (χ4v) is 1.68. The fourth-order valence-electron chi connectivity index (χ4n) is 1.68. The average molecular weight is 248 g/mol. The first-order valence-electron chi connectivity index (χ1n) is 6.61. The molecule has 100 valence electrons. The van der Waals surface area contributed by atoms with Gasteiger partial charge in [-0.1, -0.05) is 43.7 Å². The van der Waals surface area contributed by atoms with Crippen LogP contribution < -0.4 is 10.6 Å². The lowest BCUT2D eigenvalue weighted by atomic mass is 10.1. The number of nitrogens with one attached hydrogen (secondary N) is 2. The normalized spacial score (nSPS) is 10.7. The predicted octanol–water partition coefficient (Wildman–Crippen LogP) is 1.90. The first kappa shape index (κ1) is 14.7. The summed E-state index contributed by atoms with van der Waals surface area (Å²) in [5, 5.41) is 6.05. The van der Waals surface area contributed by atoms with Crippen LogP contribution >= 0.6 is 0 Å². The molecule has 1 aromatic carbocycles. The molecule has 0 unspecified atom stereocenters. The van der Waals surface area contributed by atoms with E-state index in [2.05, 4.69) is 55.7 Å². The average Bonchev–Trinajstić information content (AvgIpc) is 2.32. The maximum atomic E-state index is 11.4. The third-order valence-electron chi connectivity index (χ3n) is 2.67. The minimum Gasteiger partial charge on any atom is -0.355 e. The fraction of sp³-hybridized carbons (Fsp3) is 0.533. The maximum absolute atomic E-state index is 11.4. The minimum absolute atomic E-state index is 0.0768. The summed E-state index contributed by atoms with van der Waals surface area (Å²) >= 11 is 0. The van der Waals surface area contributed by atoms with Gasteiger partial charge in [-0.15, -0.1) is 0 Å². The summed E-state index contributed by atoms with van der Waals surface area (Å²) in [6, 6.07) is 8.46. The summed E-state index contributed by atoms with van der Waals surface area (Å²) in [5.41, 5.74) is 2.59. The molecule has 0 heterocycles. The van der Waals surface area contributed by atoms with Crippen molar-refractivity contribution in [3.8, 4) is 0 Å². The Balaban J connectivity index is 2.13. The van der Waals surface area contributed by atoms with E-state index in [9.17, 15) is 4.79 Å². The van der Waals surface area contributed by atoms with E-state index in [1.54, 1.807) is 0 Å². The SMILES string of the molecule is Cc1cccc(CCNCC(=O)NCC(C)C)c1. The topological polar surface area (TPSA) is 41.1 Å². The van der Waals surface area contributed by atoms with Gasteiger partial charge in [0.2, 0.25) is 5.91 Å². The van der Waals surface area contributed by atoms with E-state index in [0.717, 1.165) is 19.5 Å². The van der Waals surface area contributed by atoms with Crippen molar-refractivity contribution >= 4 is 5.91 Å². The molecule has 0 aliphatic rings. The number of carbonyl (C=O) groups is 1. The Bertz CT molecular complexity index is 375. The van der Waals surface area contributed by atoms with Gasteiger partial charge in [0.1, 0.15) is 0 Å². The number of hydrogen-bond acceptors (Lipinski definition) is 2. The van der Waals surface area contributed by atoms with Crippen LogP contribution in [0.5, 0.6) is 0 Å². The van der Waals surface area contributed by atoms with Crippen molar-refractivity contribution in [3.05, 3.63) is 35.4 Å². The largest absolute Gasteiger partial charge is 0.355 e. The molecule has 1 rings (SSSR count). The van der Waals surface area contributed by atoms with Crippen molar-refractivity contribution in [2.45, 2.75) is 27.2 Å². The summed E-state index contributed by atoms with van der Waals surface area (Å²) in [5.74, 6) is 0.578. The monoisotopic (exact) mass is 248 g/mol. The van der Waals surface area contributed by atoms with Gasteiger partial charge in [-0.3, -0.25) is 4.79 Å². The number of carbonyl (C=O) groups excluding carboxylic acids is 1. The number of hydrogen-bond donors (Lipinski definition) is 2. The van der Waals surface area contributed by atoms with E-state index in [-0.39, 0.29) is 5.91 Å². The van der Waals surface area contributed by atoms with Gasteiger partial charge in [-0.2, -0.15) is 0 Å². The summed E-state index contributed by atoms with van der Waals surface area (Å²) in [6.07, 6.45) is 0.957. The minimum atomic E-state index is 0.0768. The molecule has 2 N–H and O–H groups in total. The Morgan fingerprint density at radius 2 is 2.11 bits per heavy atom. The third-order valence-corrected chi connectivity index (χ3v) is 2.67. The Hall–Kier alpha value is -1.35.